The van der Waals surface area contributed by atoms with Gasteiger partial charge in [0.05, 0.1) is 0 Å². The molecular weight excluding hydrogens is 196 g/mol. The van der Waals surface area contributed by atoms with E-state index < -0.39 is 0 Å². The summed E-state index contributed by atoms with van der Waals surface area (Å²) in [6.45, 7) is 6.58. The number of allylic oxidation sites excluding steroid dienone is 4. The molecule has 0 aromatic rings. The zero-order chi connectivity index (χ0) is 11.7. The highest BCUT2D eigenvalue weighted by Gasteiger charge is 2.38. The summed E-state index contributed by atoms with van der Waals surface area (Å²) < 4.78 is 0. The summed E-state index contributed by atoms with van der Waals surface area (Å²) in [6, 6.07) is 0. The number of fused-ring (bicyclic) bond motifs is 1. The third kappa shape index (κ3) is 2.00. The monoisotopic (exact) mass is 218 g/mol. The van der Waals surface area contributed by atoms with E-state index in [9.17, 15) is 4.79 Å². The van der Waals surface area contributed by atoms with Gasteiger partial charge in [-0.25, -0.2) is 0 Å². The number of hydrogen-bond donors (Lipinski definition) is 0. The minimum Gasteiger partial charge on any atom is -0.303 e. The molecule has 0 aliphatic heterocycles. The van der Waals surface area contributed by atoms with E-state index in [1.807, 2.05) is 0 Å². The molecule has 1 nitrogen and oxygen atoms in total. The van der Waals surface area contributed by atoms with Crippen LogP contribution in [0.3, 0.4) is 0 Å². The summed E-state index contributed by atoms with van der Waals surface area (Å²) in [5.41, 5.74) is 1.36. The molecule has 0 radical (unpaired) electrons. The molecule has 0 unspecified atom stereocenters. The lowest BCUT2D eigenvalue weighted by molar-refractivity contribution is -0.113. The van der Waals surface area contributed by atoms with Gasteiger partial charge in [-0.2, -0.15) is 0 Å². The van der Waals surface area contributed by atoms with E-state index in [2.05, 4.69) is 39.0 Å². The summed E-state index contributed by atoms with van der Waals surface area (Å²) in [7, 11) is 0. The van der Waals surface area contributed by atoms with Gasteiger partial charge in [-0.15, -0.1) is 0 Å². The minimum absolute atomic E-state index is 0.204. The highest BCUT2D eigenvalue weighted by Crippen LogP contribution is 2.45. The first-order valence-electron chi connectivity index (χ1n) is 6.45. The fraction of sp³-hybridized carbons (Fsp3) is 0.667. The second kappa shape index (κ2) is 4.57. The van der Waals surface area contributed by atoms with Gasteiger partial charge in [0.25, 0.3) is 0 Å². The molecule has 0 heterocycles. The van der Waals surface area contributed by atoms with Crippen LogP contribution in [0.1, 0.15) is 33.6 Å². The van der Waals surface area contributed by atoms with E-state index in [-0.39, 0.29) is 5.92 Å². The molecule has 2 aliphatic rings. The Hall–Kier alpha value is -0.850. The minimum atomic E-state index is 0.204. The smallest absolute Gasteiger partial charge is 0.123 e. The van der Waals surface area contributed by atoms with Gasteiger partial charge in [-0.3, -0.25) is 0 Å². The molecule has 1 saturated carbocycles. The average Bonchev–Trinajstić information content (AvgIpc) is 2.28. The first-order chi connectivity index (χ1) is 7.63. The third-order valence-electron chi connectivity index (χ3n) is 4.48. The molecule has 5 atom stereocenters. The Balaban J connectivity index is 2.24. The van der Waals surface area contributed by atoms with Crippen molar-refractivity contribution in [2.24, 2.45) is 29.6 Å². The van der Waals surface area contributed by atoms with Crippen molar-refractivity contribution in [3.8, 4) is 0 Å². The quantitative estimate of drug-likeness (QED) is 0.647. The highest BCUT2D eigenvalue weighted by atomic mass is 16.1. The van der Waals surface area contributed by atoms with Crippen molar-refractivity contribution in [3.05, 3.63) is 23.8 Å². The summed E-state index contributed by atoms with van der Waals surface area (Å²) >= 11 is 0. The third-order valence-corrected chi connectivity index (χ3v) is 4.48. The zero-order valence-corrected chi connectivity index (χ0v) is 10.5. The van der Waals surface area contributed by atoms with Gasteiger partial charge < -0.3 is 4.79 Å². The van der Waals surface area contributed by atoms with Crippen LogP contribution in [0.2, 0.25) is 0 Å². The Morgan fingerprint density at radius 1 is 1.38 bits per heavy atom. The molecule has 2 rings (SSSR count). The number of aldehydes is 1. The Kier molecular flexibility index (Phi) is 3.32. The standard InChI is InChI=1S/C15H22O/c1-10-4-6-13-11(2)5-7-14(12(3)9-16)15(13)8-10/h4,6,8-9,11-15H,5,7H2,1-3H3/t11-,12+,13+,14+,15+/m1/s1. The van der Waals surface area contributed by atoms with Gasteiger partial charge in [0.1, 0.15) is 6.29 Å². The van der Waals surface area contributed by atoms with Crippen LogP contribution in [0.25, 0.3) is 0 Å². The molecule has 0 aromatic heterocycles. The lowest BCUT2D eigenvalue weighted by Gasteiger charge is -2.42. The molecule has 0 N–H and O–H groups in total. The second-order valence-electron chi connectivity index (χ2n) is 5.64. The molecule has 0 aromatic carbocycles. The van der Waals surface area contributed by atoms with Crippen molar-refractivity contribution >= 4 is 6.29 Å². The van der Waals surface area contributed by atoms with E-state index in [0.29, 0.717) is 17.8 Å². The Morgan fingerprint density at radius 2 is 2.12 bits per heavy atom. The van der Waals surface area contributed by atoms with Crippen molar-refractivity contribution in [2.75, 3.05) is 0 Å². The van der Waals surface area contributed by atoms with Gasteiger partial charge >= 0.3 is 0 Å². The molecule has 0 spiro atoms. The Bertz CT molecular complexity index is 326. The van der Waals surface area contributed by atoms with Crippen molar-refractivity contribution in [2.45, 2.75) is 33.6 Å². The highest BCUT2D eigenvalue weighted by molar-refractivity contribution is 5.53. The van der Waals surface area contributed by atoms with E-state index in [1.165, 1.54) is 18.4 Å². The molecular formula is C15H22O. The van der Waals surface area contributed by atoms with Gasteiger partial charge in [-0.1, -0.05) is 37.6 Å². The predicted octanol–water partition coefficient (Wildman–Crippen LogP) is 3.62. The predicted molar refractivity (Wildman–Crippen MR) is 67.0 cm³/mol. The lowest BCUT2D eigenvalue weighted by Crippen LogP contribution is -2.36. The maximum atomic E-state index is 11.0. The maximum Gasteiger partial charge on any atom is 0.123 e. The van der Waals surface area contributed by atoms with Crippen LogP contribution in [0, 0.1) is 29.6 Å². The van der Waals surface area contributed by atoms with Crippen LogP contribution in [-0.2, 0) is 4.79 Å². The Morgan fingerprint density at radius 3 is 2.81 bits per heavy atom. The van der Waals surface area contributed by atoms with Gasteiger partial charge in [0, 0.05) is 5.92 Å². The molecule has 1 heteroatoms. The molecule has 0 amide bonds. The van der Waals surface area contributed by atoms with Crippen LogP contribution >= 0.6 is 0 Å². The normalized spacial score (nSPS) is 39.8. The molecule has 0 saturated heterocycles. The summed E-state index contributed by atoms with van der Waals surface area (Å²) in [5, 5.41) is 0. The van der Waals surface area contributed by atoms with Crippen LogP contribution < -0.4 is 0 Å². The van der Waals surface area contributed by atoms with Gasteiger partial charge in [0.15, 0.2) is 0 Å². The van der Waals surface area contributed by atoms with E-state index in [4.69, 9.17) is 0 Å². The van der Waals surface area contributed by atoms with E-state index >= 15 is 0 Å². The van der Waals surface area contributed by atoms with Crippen molar-refractivity contribution in [3.63, 3.8) is 0 Å². The van der Waals surface area contributed by atoms with E-state index in [0.717, 1.165) is 12.2 Å². The number of hydrogen-bond acceptors (Lipinski definition) is 1. The molecule has 88 valence electrons. The van der Waals surface area contributed by atoms with Crippen molar-refractivity contribution < 1.29 is 4.79 Å². The van der Waals surface area contributed by atoms with Crippen LogP contribution in [0.15, 0.2) is 23.8 Å². The molecule has 2 aliphatic carbocycles. The van der Waals surface area contributed by atoms with Crippen molar-refractivity contribution in [1.82, 2.24) is 0 Å². The maximum absolute atomic E-state index is 11.0. The first kappa shape index (κ1) is 11.6. The topological polar surface area (TPSA) is 17.1 Å². The van der Waals surface area contributed by atoms with Gasteiger partial charge in [0.2, 0.25) is 0 Å². The Labute approximate surface area is 98.6 Å². The summed E-state index contributed by atoms with van der Waals surface area (Å²) in [5.74, 6) is 2.77. The van der Waals surface area contributed by atoms with Crippen LogP contribution in [0.5, 0.6) is 0 Å². The average molecular weight is 218 g/mol. The van der Waals surface area contributed by atoms with Crippen LogP contribution in [0.4, 0.5) is 0 Å². The number of carbonyl (C=O) groups is 1. The molecule has 0 bridgehead atoms. The van der Waals surface area contributed by atoms with E-state index in [1.54, 1.807) is 0 Å². The second-order valence-corrected chi connectivity index (χ2v) is 5.64. The molecule has 16 heavy (non-hydrogen) atoms. The number of carbonyl (C=O) groups excluding carboxylic acids is 1. The van der Waals surface area contributed by atoms with Crippen molar-refractivity contribution in [1.29, 1.82) is 0 Å². The lowest BCUT2D eigenvalue weighted by atomic mass is 9.62. The van der Waals surface area contributed by atoms with Gasteiger partial charge in [-0.05, 0) is 43.4 Å². The molecule has 1 fully saturated rings. The summed E-state index contributed by atoms with van der Waals surface area (Å²) in [4.78, 5) is 11.0. The SMILES string of the molecule is CC1=C[C@H]2[C@@H](C=C1)[C@H](C)CC[C@H]2[C@@H](C)C=O. The first-order valence-corrected chi connectivity index (χ1v) is 6.45. The largest absolute Gasteiger partial charge is 0.303 e. The summed E-state index contributed by atoms with van der Waals surface area (Å²) in [6.07, 6.45) is 10.6. The zero-order valence-electron chi connectivity index (χ0n) is 10.5. The number of rotatable bonds is 2. The fourth-order valence-corrected chi connectivity index (χ4v) is 3.39. The van der Waals surface area contributed by atoms with Crippen LogP contribution in [-0.4, -0.2) is 6.29 Å². The fourth-order valence-electron chi connectivity index (χ4n) is 3.39.